The molecule has 0 amide bonds. The van der Waals surface area contributed by atoms with E-state index in [1.807, 2.05) is 0 Å². The fourth-order valence-corrected chi connectivity index (χ4v) is 3.82. The molecule has 2 N–H and O–H groups in total. The summed E-state index contributed by atoms with van der Waals surface area (Å²) < 4.78 is 22.4. The second kappa shape index (κ2) is 12.0. The van der Waals surface area contributed by atoms with Gasteiger partial charge in [-0.1, -0.05) is 48.6 Å². The molecule has 0 spiro atoms. The first kappa shape index (κ1) is 28.8. The highest BCUT2D eigenvalue weighted by Crippen LogP contribution is 2.27. The zero-order valence-corrected chi connectivity index (χ0v) is 21.8. The second-order valence-corrected chi connectivity index (χ2v) is 8.55. The number of hydrogen-bond donors (Lipinski definition) is 2. The van der Waals surface area contributed by atoms with Gasteiger partial charge in [-0.15, -0.1) is 0 Å². The van der Waals surface area contributed by atoms with Crippen molar-refractivity contribution in [2.45, 2.75) is 6.42 Å². The van der Waals surface area contributed by atoms with E-state index < -0.39 is 70.6 Å². The predicted octanol–water partition coefficient (Wildman–Crippen LogP) is 3.45. The average Bonchev–Trinajstić information content (AvgIpc) is 3.79. The predicted molar refractivity (Wildman–Crippen MR) is 140 cm³/mol. The molecule has 0 saturated carbocycles. The molecule has 1 aliphatic carbocycles. The largest absolute Gasteiger partial charge is 0.476 e. The topological polar surface area (TPSA) is 239 Å². The van der Waals surface area contributed by atoms with E-state index in [9.17, 15) is 28.8 Å². The van der Waals surface area contributed by atoms with Crippen LogP contribution in [0.3, 0.4) is 0 Å². The normalized spacial score (nSPS) is 11.3. The van der Waals surface area contributed by atoms with Crippen LogP contribution in [0.2, 0.25) is 0 Å². The Balaban J connectivity index is 0.000000242. The summed E-state index contributed by atoms with van der Waals surface area (Å²) in [7, 11) is 0. The molecule has 16 nitrogen and oxygen atoms in total. The minimum absolute atomic E-state index is 0.586. The second-order valence-electron chi connectivity index (χ2n) is 8.55. The highest BCUT2D eigenvalue weighted by Gasteiger charge is 2.28. The van der Waals surface area contributed by atoms with E-state index in [1.165, 1.54) is 21.9 Å². The maximum absolute atomic E-state index is 11.9. The van der Waals surface area contributed by atoms with E-state index in [0.717, 1.165) is 6.42 Å². The van der Waals surface area contributed by atoms with Crippen LogP contribution in [-0.4, -0.2) is 61.0 Å². The summed E-state index contributed by atoms with van der Waals surface area (Å²) in [6, 6.07) is 13.0. The zero-order chi connectivity index (χ0) is 31.4. The Bertz CT molecular complexity index is 1900. The van der Waals surface area contributed by atoms with E-state index in [-0.39, 0.29) is 0 Å². The summed E-state index contributed by atoms with van der Waals surface area (Å²) in [4.78, 5) is 78.3. The van der Waals surface area contributed by atoms with Crippen molar-refractivity contribution in [3.8, 4) is 0 Å². The van der Waals surface area contributed by atoms with Crippen molar-refractivity contribution in [1.82, 2.24) is 15.0 Å². The maximum Gasteiger partial charge on any atom is 0.402 e. The fourth-order valence-electron chi connectivity index (χ4n) is 3.82. The summed E-state index contributed by atoms with van der Waals surface area (Å²) in [6.45, 7) is 0. The number of nitrogens with zero attached hydrogens (tertiary/aromatic N) is 3. The molecule has 5 aromatic rings. The van der Waals surface area contributed by atoms with Gasteiger partial charge in [0.1, 0.15) is 18.8 Å². The number of carboxylic acid groups (broad SMARTS) is 2. The standard InChI is InChI=1S/C15H5N3O13.C13H10/c19-10(20)4-1-27-7(16-4)13(24)30-12(23)6-3-29-9(18-6)15(26)31-14(25)8-17-5(2-28-8)11(21)22;1-4-10-6-2-8-12-9-3-7-11(5-1)13(10)12/h1-3H,(H,19,20)(H,21,22);1-8H,9H2. The minimum Gasteiger partial charge on any atom is -0.476 e. The molecule has 0 aliphatic heterocycles. The number of rotatable bonds is 6. The van der Waals surface area contributed by atoms with Gasteiger partial charge in [-0.05, 0) is 28.3 Å². The molecule has 0 radical (unpaired) electrons. The summed E-state index contributed by atoms with van der Waals surface area (Å²) in [6.07, 6.45) is 7.38. The lowest BCUT2D eigenvalue weighted by atomic mass is 9.93. The van der Waals surface area contributed by atoms with Crippen molar-refractivity contribution in [2.75, 3.05) is 0 Å². The van der Waals surface area contributed by atoms with Gasteiger partial charge in [0.25, 0.3) is 0 Å². The van der Waals surface area contributed by atoms with Crippen molar-refractivity contribution >= 4 is 52.7 Å². The van der Waals surface area contributed by atoms with Crippen molar-refractivity contribution in [2.24, 2.45) is 0 Å². The van der Waals surface area contributed by atoms with Crippen LogP contribution in [0.1, 0.15) is 74.6 Å². The molecule has 44 heavy (non-hydrogen) atoms. The van der Waals surface area contributed by atoms with E-state index in [2.05, 4.69) is 86.2 Å². The molecule has 0 atom stereocenters. The Kier molecular flexibility index (Phi) is 7.88. The Morgan fingerprint density at radius 1 is 0.636 bits per heavy atom. The first-order chi connectivity index (χ1) is 21.1. The Morgan fingerprint density at radius 2 is 1.11 bits per heavy atom. The highest BCUT2D eigenvalue weighted by atomic mass is 16.6. The van der Waals surface area contributed by atoms with Crippen LogP contribution in [0, 0.1) is 0 Å². The number of aromatic nitrogens is 3. The van der Waals surface area contributed by atoms with Gasteiger partial charge in [-0.3, -0.25) is 0 Å². The van der Waals surface area contributed by atoms with Gasteiger partial charge in [-0.2, -0.15) is 15.0 Å². The van der Waals surface area contributed by atoms with Crippen molar-refractivity contribution in [1.29, 1.82) is 0 Å². The molecule has 1 aliphatic rings. The number of oxazole rings is 3. The van der Waals surface area contributed by atoms with Crippen LogP contribution < -0.4 is 0 Å². The molecule has 0 fully saturated rings. The number of benzene rings is 2. The van der Waals surface area contributed by atoms with Crippen LogP contribution in [0.25, 0.3) is 16.8 Å². The Morgan fingerprint density at radius 3 is 1.64 bits per heavy atom. The Labute approximate surface area is 243 Å². The number of carbonyl (C=O) groups excluding carboxylic acids is 4. The van der Waals surface area contributed by atoms with Gasteiger partial charge in [0.2, 0.25) is 0 Å². The summed E-state index contributed by atoms with van der Waals surface area (Å²) >= 11 is 0. The van der Waals surface area contributed by atoms with Crippen molar-refractivity contribution < 1.29 is 61.7 Å². The number of ether oxygens (including phenoxy) is 2. The fraction of sp³-hybridized carbons (Fsp3) is 0.0357. The lowest BCUT2D eigenvalue weighted by Crippen LogP contribution is -2.16. The first-order valence-electron chi connectivity index (χ1n) is 12.1. The van der Waals surface area contributed by atoms with E-state index in [0.29, 0.717) is 18.8 Å². The number of esters is 4. The highest BCUT2D eigenvalue weighted by molar-refractivity contribution is 6.02. The number of carboxylic acids is 2. The first-order valence-corrected chi connectivity index (χ1v) is 12.1. The number of carbonyl (C=O) groups is 6. The lowest BCUT2D eigenvalue weighted by molar-refractivity contribution is 0.0338. The van der Waals surface area contributed by atoms with Gasteiger partial charge in [-0.25, -0.2) is 28.8 Å². The van der Waals surface area contributed by atoms with E-state index in [4.69, 9.17) is 10.2 Å². The third-order valence-electron chi connectivity index (χ3n) is 5.71. The molecule has 3 aromatic heterocycles. The lowest BCUT2D eigenvalue weighted by Gasteiger charge is -2.11. The molecule has 0 unspecified atom stereocenters. The average molecular weight is 601 g/mol. The minimum atomic E-state index is -1.51. The molecule has 16 heteroatoms. The van der Waals surface area contributed by atoms with Crippen LogP contribution >= 0.6 is 0 Å². The van der Waals surface area contributed by atoms with Gasteiger partial charge in [0, 0.05) is 0 Å². The maximum atomic E-state index is 11.9. The molecule has 220 valence electrons. The van der Waals surface area contributed by atoms with E-state index >= 15 is 0 Å². The summed E-state index contributed by atoms with van der Waals surface area (Å²) in [5.74, 6) is -11.5. The Hall–Kier alpha value is -6.71. The van der Waals surface area contributed by atoms with E-state index in [1.54, 1.807) is 0 Å². The third-order valence-corrected chi connectivity index (χ3v) is 5.71. The van der Waals surface area contributed by atoms with Crippen LogP contribution in [0.15, 0.2) is 74.5 Å². The molecule has 6 rings (SSSR count). The summed E-state index contributed by atoms with van der Waals surface area (Å²) in [5.41, 5.74) is 0.876. The monoisotopic (exact) mass is 601 g/mol. The smallest absolute Gasteiger partial charge is 0.402 e. The molecular formula is C28H15N3O13. The molecule has 0 saturated heterocycles. The van der Waals surface area contributed by atoms with Crippen LogP contribution in [0.5, 0.6) is 0 Å². The third kappa shape index (κ3) is 6.13. The molecule has 0 bridgehead atoms. The quantitative estimate of drug-likeness (QED) is 0.209. The van der Waals surface area contributed by atoms with Gasteiger partial charge in [0.05, 0.1) is 0 Å². The zero-order valence-electron chi connectivity index (χ0n) is 21.8. The van der Waals surface area contributed by atoms with Crippen molar-refractivity contribution in [3.05, 3.63) is 107 Å². The van der Waals surface area contributed by atoms with Gasteiger partial charge in [0.15, 0.2) is 17.1 Å². The summed E-state index contributed by atoms with van der Waals surface area (Å²) in [5, 5.41) is 20.2. The SMILES string of the molecule is C1=Cc2cccc3cccc(c23)C1.O=C(O)c1coc(C(=O)OC(=O)c2coc(C(=O)OC(=O)c3nc(C(=O)O)co3)n2)n1. The molecular weight excluding hydrogens is 586 g/mol. The number of aromatic carboxylic acids is 2. The van der Waals surface area contributed by atoms with Crippen LogP contribution in [-0.2, 0) is 15.9 Å². The molecule has 3 heterocycles. The van der Waals surface area contributed by atoms with Gasteiger partial charge < -0.3 is 32.9 Å². The van der Waals surface area contributed by atoms with Crippen LogP contribution in [0.4, 0.5) is 0 Å². The van der Waals surface area contributed by atoms with Crippen molar-refractivity contribution in [3.63, 3.8) is 0 Å². The van der Waals surface area contributed by atoms with Gasteiger partial charge >= 0.3 is 53.5 Å². The number of hydrogen-bond acceptors (Lipinski definition) is 14. The molecule has 2 aromatic carbocycles. The number of allylic oxidation sites excluding steroid dienone is 1.